The van der Waals surface area contributed by atoms with Crippen LogP contribution in [0.3, 0.4) is 0 Å². The third-order valence-corrected chi connectivity index (χ3v) is 6.72. The van der Waals surface area contributed by atoms with Gasteiger partial charge in [0.05, 0.1) is 18.4 Å². The molecule has 0 saturated carbocycles. The van der Waals surface area contributed by atoms with Crippen LogP contribution in [-0.2, 0) is 10.5 Å². The van der Waals surface area contributed by atoms with Crippen LogP contribution >= 0.6 is 11.8 Å². The summed E-state index contributed by atoms with van der Waals surface area (Å²) in [5.41, 5.74) is 3.29. The SMILES string of the molecule is COc1ccccc1NC(=O)C1=C(C)Nc2nc(SCc3ccccc3)nn2C1c1cccc(F)c1. The Hall–Kier alpha value is -4.11. The van der Waals surface area contributed by atoms with Crippen molar-refractivity contribution in [1.29, 1.82) is 0 Å². The first-order valence-corrected chi connectivity index (χ1v) is 12.3. The molecule has 1 unspecified atom stereocenters. The number of hydrogen-bond acceptors (Lipinski definition) is 6. The Morgan fingerprint density at radius 2 is 1.89 bits per heavy atom. The van der Waals surface area contributed by atoms with E-state index in [1.807, 2.05) is 42.5 Å². The first kappa shape index (κ1) is 23.6. The van der Waals surface area contributed by atoms with Gasteiger partial charge in [-0.1, -0.05) is 66.4 Å². The Balaban J connectivity index is 1.51. The van der Waals surface area contributed by atoms with Crippen LogP contribution in [0.4, 0.5) is 16.0 Å². The lowest BCUT2D eigenvalue weighted by Crippen LogP contribution is -2.31. The Labute approximate surface area is 212 Å². The molecular formula is C27H24FN5O2S. The predicted molar refractivity (Wildman–Crippen MR) is 139 cm³/mol. The molecule has 2 N–H and O–H groups in total. The molecule has 4 aromatic rings. The van der Waals surface area contributed by atoms with E-state index in [1.165, 1.54) is 23.9 Å². The summed E-state index contributed by atoms with van der Waals surface area (Å²) in [4.78, 5) is 18.3. The van der Waals surface area contributed by atoms with E-state index in [2.05, 4.69) is 15.6 Å². The Bertz CT molecular complexity index is 1440. The van der Waals surface area contributed by atoms with E-state index in [0.29, 0.717) is 45.1 Å². The standard InChI is InChI=1S/C27H24FN5O2S/c1-17-23(25(34)30-21-13-6-7-14-22(21)35-2)24(19-11-8-12-20(28)15-19)33-26(29-17)31-27(32-33)36-16-18-9-4-3-5-10-18/h3-15,24H,16H2,1-2H3,(H,30,34)(H,29,31,32). The third kappa shape index (κ3) is 4.83. The molecular weight excluding hydrogens is 477 g/mol. The molecule has 1 aromatic heterocycles. The average molecular weight is 502 g/mol. The number of hydrogen-bond donors (Lipinski definition) is 2. The van der Waals surface area contributed by atoms with Gasteiger partial charge in [-0.3, -0.25) is 4.79 Å². The smallest absolute Gasteiger partial charge is 0.255 e. The molecule has 0 radical (unpaired) electrons. The molecule has 0 fully saturated rings. The van der Waals surface area contributed by atoms with Gasteiger partial charge in [-0.15, -0.1) is 5.10 Å². The minimum atomic E-state index is -0.676. The topological polar surface area (TPSA) is 81.1 Å². The number of thioether (sulfide) groups is 1. The van der Waals surface area contributed by atoms with Crippen LogP contribution in [0.1, 0.15) is 24.1 Å². The number of aromatic nitrogens is 3. The van der Waals surface area contributed by atoms with Crippen molar-refractivity contribution in [3.8, 4) is 5.75 Å². The van der Waals surface area contributed by atoms with Gasteiger partial charge in [-0.25, -0.2) is 9.07 Å². The lowest BCUT2D eigenvalue weighted by Gasteiger charge is -2.28. The van der Waals surface area contributed by atoms with Crippen molar-refractivity contribution in [2.45, 2.75) is 23.9 Å². The minimum absolute atomic E-state index is 0.349. The van der Waals surface area contributed by atoms with Crippen molar-refractivity contribution in [3.63, 3.8) is 0 Å². The van der Waals surface area contributed by atoms with Crippen LogP contribution < -0.4 is 15.4 Å². The fraction of sp³-hybridized carbons (Fsp3) is 0.148. The number of fused-ring (bicyclic) bond motifs is 1. The maximum atomic E-state index is 14.3. The Kier molecular flexibility index (Phi) is 6.73. The summed E-state index contributed by atoms with van der Waals surface area (Å²) in [6.07, 6.45) is 0. The number of methoxy groups -OCH3 is 1. The summed E-state index contributed by atoms with van der Waals surface area (Å²) in [7, 11) is 1.55. The lowest BCUT2D eigenvalue weighted by atomic mass is 9.95. The summed E-state index contributed by atoms with van der Waals surface area (Å²) < 4.78 is 21.3. The molecule has 2 heterocycles. The minimum Gasteiger partial charge on any atom is -0.495 e. The van der Waals surface area contributed by atoms with Gasteiger partial charge in [0.25, 0.3) is 5.91 Å². The number of para-hydroxylation sites is 2. The zero-order valence-corrected chi connectivity index (χ0v) is 20.6. The highest BCUT2D eigenvalue weighted by atomic mass is 32.2. The number of benzene rings is 3. The summed E-state index contributed by atoms with van der Waals surface area (Å²) in [5.74, 6) is 0.983. The van der Waals surface area contributed by atoms with Crippen molar-refractivity contribution < 1.29 is 13.9 Å². The monoisotopic (exact) mass is 501 g/mol. The van der Waals surface area contributed by atoms with Crippen LogP contribution in [0.2, 0.25) is 0 Å². The second kappa shape index (κ2) is 10.2. The van der Waals surface area contributed by atoms with Gasteiger partial charge in [0.1, 0.15) is 17.6 Å². The molecule has 0 spiro atoms. The van der Waals surface area contributed by atoms with E-state index >= 15 is 0 Å². The van der Waals surface area contributed by atoms with Crippen molar-refractivity contribution in [2.24, 2.45) is 0 Å². The molecule has 1 atom stereocenters. The van der Waals surface area contributed by atoms with Crippen LogP contribution in [0.15, 0.2) is 95.3 Å². The van der Waals surface area contributed by atoms with E-state index in [4.69, 9.17) is 9.84 Å². The second-order valence-corrected chi connectivity index (χ2v) is 9.15. The lowest BCUT2D eigenvalue weighted by molar-refractivity contribution is -0.113. The van der Waals surface area contributed by atoms with Gasteiger partial charge in [0, 0.05) is 11.4 Å². The molecule has 36 heavy (non-hydrogen) atoms. The van der Waals surface area contributed by atoms with E-state index in [9.17, 15) is 9.18 Å². The molecule has 9 heteroatoms. The molecule has 0 aliphatic carbocycles. The van der Waals surface area contributed by atoms with Crippen molar-refractivity contribution in [3.05, 3.63) is 107 Å². The summed E-state index contributed by atoms with van der Waals surface area (Å²) in [6.45, 7) is 1.80. The molecule has 7 nitrogen and oxygen atoms in total. The van der Waals surface area contributed by atoms with E-state index in [-0.39, 0.29) is 5.91 Å². The molecule has 5 rings (SSSR count). The first-order chi connectivity index (χ1) is 17.5. The molecule has 1 aliphatic heterocycles. The summed E-state index contributed by atoms with van der Waals surface area (Å²) in [5, 5.41) is 11.4. The number of anilines is 2. The van der Waals surface area contributed by atoms with E-state index < -0.39 is 11.9 Å². The van der Waals surface area contributed by atoms with E-state index in [0.717, 1.165) is 5.56 Å². The zero-order valence-electron chi connectivity index (χ0n) is 19.7. The maximum absolute atomic E-state index is 14.3. The first-order valence-electron chi connectivity index (χ1n) is 11.3. The molecule has 1 amide bonds. The quantitative estimate of drug-likeness (QED) is 0.319. The number of amides is 1. The number of rotatable bonds is 7. The molecule has 1 aliphatic rings. The largest absolute Gasteiger partial charge is 0.495 e. The molecule has 0 bridgehead atoms. The number of ether oxygens (including phenoxy) is 1. The predicted octanol–water partition coefficient (Wildman–Crippen LogP) is 5.65. The number of nitrogens with one attached hydrogen (secondary N) is 2. The third-order valence-electron chi connectivity index (χ3n) is 5.81. The van der Waals surface area contributed by atoms with Gasteiger partial charge in [-0.05, 0) is 42.3 Å². The maximum Gasteiger partial charge on any atom is 0.255 e. The van der Waals surface area contributed by atoms with Gasteiger partial charge in [-0.2, -0.15) is 4.98 Å². The highest BCUT2D eigenvalue weighted by Crippen LogP contribution is 2.37. The van der Waals surface area contributed by atoms with Crippen molar-refractivity contribution in [2.75, 3.05) is 17.7 Å². The number of halogens is 1. The Morgan fingerprint density at radius 3 is 2.67 bits per heavy atom. The molecule has 3 aromatic carbocycles. The Morgan fingerprint density at radius 1 is 1.11 bits per heavy atom. The van der Waals surface area contributed by atoms with Crippen molar-refractivity contribution >= 4 is 29.3 Å². The zero-order chi connectivity index (χ0) is 25.1. The second-order valence-electron chi connectivity index (χ2n) is 8.21. The number of allylic oxidation sites excluding steroid dienone is 1. The van der Waals surface area contributed by atoms with E-state index in [1.54, 1.807) is 43.0 Å². The van der Waals surface area contributed by atoms with Crippen molar-refractivity contribution in [1.82, 2.24) is 14.8 Å². The highest BCUT2D eigenvalue weighted by molar-refractivity contribution is 7.98. The van der Waals surface area contributed by atoms with Gasteiger partial charge >= 0.3 is 0 Å². The highest BCUT2D eigenvalue weighted by Gasteiger charge is 2.35. The molecule has 0 saturated heterocycles. The van der Waals surface area contributed by atoms with Crippen LogP contribution in [0, 0.1) is 5.82 Å². The summed E-state index contributed by atoms with van der Waals surface area (Å²) in [6, 6.07) is 22.7. The number of nitrogens with zero attached hydrogens (tertiary/aromatic N) is 3. The summed E-state index contributed by atoms with van der Waals surface area (Å²) >= 11 is 1.49. The number of carbonyl (C=O) groups is 1. The van der Waals surface area contributed by atoms with Gasteiger partial charge in [0.2, 0.25) is 11.1 Å². The van der Waals surface area contributed by atoms with Crippen LogP contribution in [0.25, 0.3) is 0 Å². The van der Waals surface area contributed by atoms with Gasteiger partial charge in [0.15, 0.2) is 0 Å². The normalized spacial score (nSPS) is 14.7. The fourth-order valence-electron chi connectivity index (χ4n) is 4.13. The average Bonchev–Trinajstić information content (AvgIpc) is 3.29. The van der Waals surface area contributed by atoms with Gasteiger partial charge < -0.3 is 15.4 Å². The number of carbonyl (C=O) groups excluding carboxylic acids is 1. The fourth-order valence-corrected chi connectivity index (χ4v) is 4.92. The van der Waals surface area contributed by atoms with Crippen LogP contribution in [-0.4, -0.2) is 27.8 Å². The molecule has 182 valence electrons. The van der Waals surface area contributed by atoms with Crippen LogP contribution in [0.5, 0.6) is 5.75 Å².